The van der Waals surface area contributed by atoms with Crippen LogP contribution in [-0.2, 0) is 6.42 Å². The molecule has 1 aromatic heterocycles. The number of hydrogen-bond donors (Lipinski definition) is 0. The zero-order chi connectivity index (χ0) is 14.0. The third-order valence-corrected chi connectivity index (χ3v) is 3.82. The number of aromatic nitrogens is 1. The van der Waals surface area contributed by atoms with Gasteiger partial charge in [0.1, 0.15) is 0 Å². The van der Waals surface area contributed by atoms with Crippen LogP contribution in [0.25, 0.3) is 11.1 Å². The minimum atomic E-state index is 0.131. The monoisotopic (exact) mass is 330 g/mol. The standard InChI is InChI=1S/C13H6Cl4N2/c14-7-5-8(11(3-4-18)19-6-7)12-9(15)1-2-10(16)13(12)17/h1-2,5-6H,3H2. The van der Waals surface area contributed by atoms with Crippen molar-refractivity contribution in [3.8, 4) is 17.2 Å². The highest BCUT2D eigenvalue weighted by molar-refractivity contribution is 6.46. The van der Waals surface area contributed by atoms with Gasteiger partial charge in [-0.25, -0.2) is 0 Å². The third-order valence-electron chi connectivity index (χ3n) is 2.50. The fourth-order valence-corrected chi connectivity index (χ4v) is 2.56. The molecular formula is C13H6Cl4N2. The maximum atomic E-state index is 8.84. The van der Waals surface area contributed by atoms with Crippen molar-refractivity contribution in [1.82, 2.24) is 4.98 Å². The number of pyridine rings is 1. The average Bonchev–Trinajstić information content (AvgIpc) is 2.38. The second-order valence-electron chi connectivity index (χ2n) is 3.70. The average molecular weight is 332 g/mol. The van der Waals surface area contributed by atoms with Crippen LogP contribution in [0.5, 0.6) is 0 Å². The molecule has 0 aliphatic heterocycles. The van der Waals surface area contributed by atoms with E-state index in [1.807, 2.05) is 6.07 Å². The van der Waals surface area contributed by atoms with Crippen molar-refractivity contribution in [2.75, 3.05) is 0 Å². The van der Waals surface area contributed by atoms with Gasteiger partial charge >= 0.3 is 0 Å². The molecular weight excluding hydrogens is 326 g/mol. The number of nitriles is 1. The van der Waals surface area contributed by atoms with E-state index in [1.54, 1.807) is 18.2 Å². The van der Waals surface area contributed by atoms with Crippen molar-refractivity contribution in [2.24, 2.45) is 0 Å². The summed E-state index contributed by atoms with van der Waals surface area (Å²) in [5.41, 5.74) is 1.71. The number of benzene rings is 1. The summed E-state index contributed by atoms with van der Waals surface area (Å²) in [5.74, 6) is 0. The van der Waals surface area contributed by atoms with E-state index in [2.05, 4.69) is 4.98 Å². The van der Waals surface area contributed by atoms with Crippen LogP contribution >= 0.6 is 46.4 Å². The fourth-order valence-electron chi connectivity index (χ4n) is 1.67. The summed E-state index contributed by atoms with van der Waals surface area (Å²) in [4.78, 5) is 4.14. The Kier molecular flexibility index (Phi) is 4.54. The first-order valence-electron chi connectivity index (χ1n) is 5.20. The molecule has 0 saturated carbocycles. The lowest BCUT2D eigenvalue weighted by Gasteiger charge is -2.12. The molecule has 1 heterocycles. The Hall–Kier alpha value is -0.980. The second kappa shape index (κ2) is 5.98. The van der Waals surface area contributed by atoms with Gasteiger partial charge in [-0.3, -0.25) is 4.98 Å². The Bertz CT molecular complexity index is 677. The Balaban J connectivity index is 2.75. The van der Waals surface area contributed by atoms with Crippen molar-refractivity contribution in [2.45, 2.75) is 6.42 Å². The van der Waals surface area contributed by atoms with Gasteiger partial charge in [0, 0.05) is 17.3 Å². The highest BCUT2D eigenvalue weighted by atomic mass is 35.5. The lowest BCUT2D eigenvalue weighted by Crippen LogP contribution is -1.94. The van der Waals surface area contributed by atoms with E-state index in [0.29, 0.717) is 36.9 Å². The SMILES string of the molecule is N#CCc1ncc(Cl)cc1-c1c(Cl)ccc(Cl)c1Cl. The number of halogens is 4. The van der Waals surface area contributed by atoms with Crippen molar-refractivity contribution >= 4 is 46.4 Å². The second-order valence-corrected chi connectivity index (χ2v) is 5.33. The summed E-state index contributed by atoms with van der Waals surface area (Å²) >= 11 is 24.3. The van der Waals surface area contributed by atoms with Crippen LogP contribution in [0.1, 0.15) is 5.69 Å². The maximum Gasteiger partial charge on any atom is 0.0781 e. The molecule has 0 saturated heterocycles. The van der Waals surface area contributed by atoms with Gasteiger partial charge in [0.15, 0.2) is 0 Å². The molecule has 6 heteroatoms. The fraction of sp³-hybridized carbons (Fsp3) is 0.0769. The molecule has 0 N–H and O–H groups in total. The lowest BCUT2D eigenvalue weighted by molar-refractivity contribution is 1.12. The Morgan fingerprint density at radius 1 is 1.11 bits per heavy atom. The van der Waals surface area contributed by atoms with Crippen LogP contribution in [-0.4, -0.2) is 4.98 Å². The summed E-state index contributed by atoms with van der Waals surface area (Å²) in [6.45, 7) is 0. The van der Waals surface area contributed by atoms with Crippen LogP contribution < -0.4 is 0 Å². The zero-order valence-electron chi connectivity index (χ0n) is 9.42. The molecule has 19 heavy (non-hydrogen) atoms. The van der Waals surface area contributed by atoms with E-state index >= 15 is 0 Å². The summed E-state index contributed by atoms with van der Waals surface area (Å²) in [6.07, 6.45) is 1.61. The molecule has 2 rings (SSSR count). The molecule has 0 radical (unpaired) electrons. The molecule has 2 nitrogen and oxygen atoms in total. The zero-order valence-corrected chi connectivity index (χ0v) is 12.4. The van der Waals surface area contributed by atoms with E-state index in [4.69, 9.17) is 51.7 Å². The molecule has 0 aliphatic rings. The van der Waals surface area contributed by atoms with E-state index in [1.165, 1.54) is 6.20 Å². The molecule has 0 unspecified atom stereocenters. The number of rotatable bonds is 2. The first-order valence-corrected chi connectivity index (χ1v) is 6.71. The predicted octanol–water partition coefficient (Wildman–Crippen LogP) is 5.43. The molecule has 0 fully saturated rings. The highest BCUT2D eigenvalue weighted by Gasteiger charge is 2.16. The minimum Gasteiger partial charge on any atom is -0.258 e. The van der Waals surface area contributed by atoms with E-state index < -0.39 is 0 Å². The molecule has 0 spiro atoms. The molecule has 2 aromatic rings. The van der Waals surface area contributed by atoms with Crippen LogP contribution in [0.4, 0.5) is 0 Å². The van der Waals surface area contributed by atoms with Crippen LogP contribution in [0.2, 0.25) is 20.1 Å². The summed E-state index contributed by atoms with van der Waals surface area (Å²) < 4.78 is 0. The minimum absolute atomic E-state index is 0.131. The van der Waals surface area contributed by atoms with Gasteiger partial charge < -0.3 is 0 Å². The van der Waals surface area contributed by atoms with Crippen LogP contribution in [0, 0.1) is 11.3 Å². The number of hydrogen-bond acceptors (Lipinski definition) is 2. The van der Waals surface area contributed by atoms with Crippen LogP contribution in [0.3, 0.4) is 0 Å². The van der Waals surface area contributed by atoms with Gasteiger partial charge in [-0.2, -0.15) is 5.26 Å². The molecule has 96 valence electrons. The van der Waals surface area contributed by atoms with Crippen molar-refractivity contribution in [3.63, 3.8) is 0 Å². The molecule has 0 bridgehead atoms. The highest BCUT2D eigenvalue weighted by Crippen LogP contribution is 2.40. The van der Waals surface area contributed by atoms with Gasteiger partial charge in [-0.1, -0.05) is 46.4 Å². The van der Waals surface area contributed by atoms with Crippen molar-refractivity contribution in [3.05, 3.63) is 50.2 Å². The Morgan fingerprint density at radius 2 is 1.79 bits per heavy atom. The molecule has 0 aliphatic carbocycles. The predicted molar refractivity (Wildman–Crippen MR) is 79.0 cm³/mol. The largest absolute Gasteiger partial charge is 0.258 e. The quantitative estimate of drug-likeness (QED) is 0.688. The summed E-state index contributed by atoms with van der Waals surface area (Å²) in [7, 11) is 0. The topological polar surface area (TPSA) is 36.7 Å². The third kappa shape index (κ3) is 2.96. The number of nitrogens with zero attached hydrogens (tertiary/aromatic N) is 2. The molecule has 1 aromatic carbocycles. The first kappa shape index (κ1) is 14.4. The first-order chi connectivity index (χ1) is 9.04. The summed E-state index contributed by atoms with van der Waals surface area (Å²) in [5, 5.41) is 10.4. The van der Waals surface area contributed by atoms with Gasteiger partial charge in [0.2, 0.25) is 0 Å². The van der Waals surface area contributed by atoms with Gasteiger partial charge in [-0.05, 0) is 18.2 Å². The molecule has 0 atom stereocenters. The van der Waals surface area contributed by atoms with Crippen LogP contribution in [0.15, 0.2) is 24.4 Å². The van der Waals surface area contributed by atoms with Crippen molar-refractivity contribution < 1.29 is 0 Å². The maximum absolute atomic E-state index is 8.84. The van der Waals surface area contributed by atoms with Gasteiger partial charge in [0.05, 0.1) is 38.3 Å². The van der Waals surface area contributed by atoms with Crippen molar-refractivity contribution in [1.29, 1.82) is 5.26 Å². The Morgan fingerprint density at radius 3 is 2.47 bits per heavy atom. The molecule has 0 amide bonds. The van der Waals surface area contributed by atoms with Gasteiger partial charge in [-0.15, -0.1) is 0 Å². The Labute approximate surface area is 130 Å². The lowest BCUT2D eigenvalue weighted by atomic mass is 10.0. The summed E-state index contributed by atoms with van der Waals surface area (Å²) in [6, 6.07) is 6.96. The smallest absolute Gasteiger partial charge is 0.0781 e. The normalized spacial score (nSPS) is 10.3. The van der Waals surface area contributed by atoms with Gasteiger partial charge in [0.25, 0.3) is 0 Å². The van der Waals surface area contributed by atoms with E-state index in [0.717, 1.165) is 0 Å². The van der Waals surface area contributed by atoms with E-state index in [-0.39, 0.29) is 6.42 Å². The van der Waals surface area contributed by atoms with E-state index in [9.17, 15) is 0 Å².